The van der Waals surface area contributed by atoms with E-state index >= 15 is 0 Å². The summed E-state index contributed by atoms with van der Waals surface area (Å²) in [7, 11) is 2.05. The van der Waals surface area contributed by atoms with Crippen LogP contribution in [0.1, 0.15) is 0 Å². The van der Waals surface area contributed by atoms with Gasteiger partial charge in [0.15, 0.2) is 0 Å². The van der Waals surface area contributed by atoms with Crippen LogP contribution in [0, 0.1) is 0 Å². The summed E-state index contributed by atoms with van der Waals surface area (Å²) in [5.41, 5.74) is 8.67. The van der Waals surface area contributed by atoms with Crippen molar-refractivity contribution in [2.45, 2.75) is 0 Å². The standard InChI is InChI=1S/C43H29N5O/c1-46-36-19-8-6-17-34(36)45-43(46)28-12-11-15-30(26-28)49-31-21-22-33-39(27-31)48(40-20-9-10-25-44-40)38-24-23-37-41(42(33)38)32-16-5-7-18-35(32)47(37)29-13-3-2-4-14-29/h2-27H,1H3. The highest BCUT2D eigenvalue weighted by atomic mass is 16.5. The van der Waals surface area contributed by atoms with Gasteiger partial charge in [0, 0.05) is 52.1 Å². The second-order valence-electron chi connectivity index (χ2n) is 12.4. The Morgan fingerprint density at radius 3 is 2.04 bits per heavy atom. The molecule has 6 nitrogen and oxygen atoms in total. The van der Waals surface area contributed by atoms with Crippen molar-refractivity contribution in [3.05, 3.63) is 158 Å². The monoisotopic (exact) mass is 631 g/mol. The van der Waals surface area contributed by atoms with Gasteiger partial charge in [0.25, 0.3) is 0 Å². The van der Waals surface area contributed by atoms with E-state index < -0.39 is 0 Å². The number of nitrogens with zero attached hydrogens (tertiary/aromatic N) is 5. The Bertz CT molecular complexity index is 2860. The number of ether oxygens (including phenoxy) is 1. The van der Waals surface area contributed by atoms with Gasteiger partial charge in [0.05, 0.1) is 33.1 Å². The summed E-state index contributed by atoms with van der Waals surface area (Å²) >= 11 is 0. The fraction of sp³-hybridized carbons (Fsp3) is 0.0233. The van der Waals surface area contributed by atoms with Crippen molar-refractivity contribution in [3.63, 3.8) is 0 Å². The maximum Gasteiger partial charge on any atom is 0.140 e. The molecule has 6 aromatic carbocycles. The number of aryl methyl sites for hydroxylation is 1. The first-order valence-electron chi connectivity index (χ1n) is 16.4. The molecule has 0 atom stereocenters. The fourth-order valence-electron chi connectivity index (χ4n) is 7.44. The minimum absolute atomic E-state index is 0.748. The lowest BCUT2D eigenvalue weighted by atomic mass is 10.1. The predicted molar refractivity (Wildman–Crippen MR) is 199 cm³/mol. The summed E-state index contributed by atoms with van der Waals surface area (Å²) in [6, 6.07) is 52.5. The van der Waals surface area contributed by atoms with E-state index in [9.17, 15) is 0 Å². The summed E-state index contributed by atoms with van der Waals surface area (Å²) in [6.45, 7) is 0. The van der Waals surface area contributed by atoms with Crippen molar-refractivity contribution in [1.82, 2.24) is 23.7 Å². The van der Waals surface area contributed by atoms with Gasteiger partial charge >= 0.3 is 0 Å². The molecule has 4 heterocycles. The highest BCUT2D eigenvalue weighted by Gasteiger charge is 2.21. The van der Waals surface area contributed by atoms with E-state index in [2.05, 4.69) is 130 Å². The Kier molecular flexibility index (Phi) is 5.99. The number of pyridine rings is 1. The van der Waals surface area contributed by atoms with Crippen LogP contribution in [0.5, 0.6) is 11.5 Å². The van der Waals surface area contributed by atoms with Crippen LogP contribution < -0.4 is 4.74 Å². The van der Waals surface area contributed by atoms with E-state index in [-0.39, 0.29) is 0 Å². The molecular weight excluding hydrogens is 603 g/mol. The normalized spacial score (nSPS) is 11.8. The molecule has 0 radical (unpaired) electrons. The summed E-state index contributed by atoms with van der Waals surface area (Å²) in [4.78, 5) is 9.71. The molecule has 0 spiro atoms. The van der Waals surface area contributed by atoms with Gasteiger partial charge in [-0.05, 0) is 78.9 Å². The first kappa shape index (κ1) is 27.5. The maximum absolute atomic E-state index is 6.59. The molecule has 4 aromatic heterocycles. The van der Waals surface area contributed by atoms with E-state index in [1.54, 1.807) is 0 Å². The molecule has 10 rings (SSSR count). The predicted octanol–water partition coefficient (Wildman–Crippen LogP) is 10.6. The molecular formula is C43H29N5O. The van der Waals surface area contributed by atoms with Crippen molar-refractivity contribution in [2.75, 3.05) is 0 Å². The third-order valence-corrected chi connectivity index (χ3v) is 9.54. The molecule has 49 heavy (non-hydrogen) atoms. The molecule has 0 aliphatic carbocycles. The number of imidazole rings is 1. The number of aromatic nitrogens is 5. The molecule has 0 N–H and O–H groups in total. The van der Waals surface area contributed by atoms with Crippen molar-refractivity contribution in [2.24, 2.45) is 7.05 Å². The minimum Gasteiger partial charge on any atom is -0.457 e. The van der Waals surface area contributed by atoms with Gasteiger partial charge < -0.3 is 13.9 Å². The SMILES string of the molecule is Cn1c(-c2cccc(Oc3ccc4c5c6c7ccccc7n(-c7ccccc7)c6ccc5n(-c5ccccn5)c4c3)c2)nc2ccccc21. The summed E-state index contributed by atoms with van der Waals surface area (Å²) < 4.78 is 13.3. The van der Waals surface area contributed by atoms with Crippen molar-refractivity contribution in [1.29, 1.82) is 0 Å². The average Bonchev–Trinajstić information content (AvgIpc) is 3.79. The molecule has 0 saturated carbocycles. The smallest absolute Gasteiger partial charge is 0.140 e. The Labute approximate surface area is 281 Å². The zero-order chi connectivity index (χ0) is 32.5. The van der Waals surface area contributed by atoms with Crippen LogP contribution >= 0.6 is 0 Å². The van der Waals surface area contributed by atoms with E-state index in [0.717, 1.165) is 61.8 Å². The van der Waals surface area contributed by atoms with Crippen LogP contribution in [0.4, 0.5) is 0 Å². The second kappa shape index (κ2) is 10.7. The van der Waals surface area contributed by atoms with Crippen LogP contribution in [0.15, 0.2) is 158 Å². The van der Waals surface area contributed by atoms with Crippen molar-refractivity contribution in [3.8, 4) is 34.4 Å². The zero-order valence-corrected chi connectivity index (χ0v) is 26.7. The third-order valence-electron chi connectivity index (χ3n) is 9.54. The van der Waals surface area contributed by atoms with E-state index in [1.165, 1.54) is 27.2 Å². The van der Waals surface area contributed by atoms with Gasteiger partial charge in [0.1, 0.15) is 23.1 Å². The summed E-state index contributed by atoms with van der Waals surface area (Å²) in [5, 5.41) is 4.77. The molecule has 0 saturated heterocycles. The lowest BCUT2D eigenvalue weighted by Crippen LogP contribution is -1.97. The summed E-state index contributed by atoms with van der Waals surface area (Å²) in [6.07, 6.45) is 1.85. The molecule has 0 aliphatic heterocycles. The molecule has 0 unspecified atom stereocenters. The molecule has 0 fully saturated rings. The number of para-hydroxylation sites is 4. The maximum atomic E-state index is 6.59. The number of hydrogen-bond donors (Lipinski definition) is 0. The fourth-order valence-corrected chi connectivity index (χ4v) is 7.44. The van der Waals surface area contributed by atoms with Gasteiger partial charge in [-0.3, -0.25) is 4.57 Å². The Balaban J connectivity index is 1.18. The lowest BCUT2D eigenvalue weighted by Gasteiger charge is -2.10. The Morgan fingerprint density at radius 2 is 1.22 bits per heavy atom. The highest BCUT2D eigenvalue weighted by Crippen LogP contribution is 2.43. The molecule has 6 heteroatoms. The average molecular weight is 632 g/mol. The van der Waals surface area contributed by atoms with Crippen molar-refractivity contribution >= 4 is 54.6 Å². The summed E-state index contributed by atoms with van der Waals surface area (Å²) in [5.74, 6) is 3.25. The molecule has 10 aromatic rings. The van der Waals surface area contributed by atoms with Crippen LogP contribution in [-0.4, -0.2) is 23.7 Å². The van der Waals surface area contributed by atoms with Gasteiger partial charge in [-0.25, -0.2) is 9.97 Å². The molecule has 0 aliphatic rings. The quantitative estimate of drug-likeness (QED) is 0.190. The Morgan fingerprint density at radius 1 is 0.510 bits per heavy atom. The van der Waals surface area contributed by atoms with E-state index in [1.807, 2.05) is 48.7 Å². The number of benzene rings is 6. The van der Waals surface area contributed by atoms with Gasteiger partial charge in [0.2, 0.25) is 0 Å². The molecule has 0 amide bonds. The lowest BCUT2D eigenvalue weighted by molar-refractivity contribution is 0.483. The topological polar surface area (TPSA) is 49.8 Å². The van der Waals surface area contributed by atoms with Gasteiger partial charge in [-0.1, -0.05) is 66.7 Å². The zero-order valence-electron chi connectivity index (χ0n) is 26.7. The van der Waals surface area contributed by atoms with Crippen molar-refractivity contribution < 1.29 is 4.74 Å². The van der Waals surface area contributed by atoms with Crippen LogP contribution in [-0.2, 0) is 7.05 Å². The number of hydrogen-bond acceptors (Lipinski definition) is 3. The van der Waals surface area contributed by atoms with Crippen LogP contribution in [0.2, 0.25) is 0 Å². The third kappa shape index (κ3) is 4.21. The Hall–Kier alpha value is -6.66. The number of fused-ring (bicyclic) bond motifs is 8. The van der Waals surface area contributed by atoms with E-state index in [4.69, 9.17) is 14.7 Å². The largest absolute Gasteiger partial charge is 0.457 e. The molecule has 232 valence electrons. The molecule has 0 bridgehead atoms. The first-order chi connectivity index (χ1) is 24.2. The van der Waals surface area contributed by atoms with Crippen LogP contribution in [0.25, 0.3) is 77.5 Å². The van der Waals surface area contributed by atoms with Crippen LogP contribution in [0.3, 0.4) is 0 Å². The minimum atomic E-state index is 0.748. The second-order valence-corrected chi connectivity index (χ2v) is 12.4. The van der Waals surface area contributed by atoms with E-state index in [0.29, 0.717) is 0 Å². The van der Waals surface area contributed by atoms with Gasteiger partial charge in [-0.2, -0.15) is 0 Å². The highest BCUT2D eigenvalue weighted by molar-refractivity contribution is 6.29. The van der Waals surface area contributed by atoms with Gasteiger partial charge in [-0.15, -0.1) is 0 Å². The first-order valence-corrected chi connectivity index (χ1v) is 16.4. The number of rotatable bonds is 5.